The molecule has 16 heavy (non-hydrogen) atoms. The lowest BCUT2D eigenvalue weighted by Gasteiger charge is -2.23. The summed E-state index contributed by atoms with van der Waals surface area (Å²) in [5.74, 6) is 0.0858. The van der Waals surface area contributed by atoms with Gasteiger partial charge < -0.3 is 16.0 Å². The van der Waals surface area contributed by atoms with Gasteiger partial charge in [-0.3, -0.25) is 9.59 Å². The number of amides is 2. The van der Waals surface area contributed by atoms with E-state index in [9.17, 15) is 9.59 Å². The van der Waals surface area contributed by atoms with Crippen LogP contribution in [0.25, 0.3) is 0 Å². The van der Waals surface area contributed by atoms with E-state index in [2.05, 4.69) is 5.32 Å². The van der Waals surface area contributed by atoms with E-state index in [0.29, 0.717) is 13.1 Å². The molecule has 2 amide bonds. The number of hydrogen-bond acceptors (Lipinski definition) is 3. The van der Waals surface area contributed by atoms with Gasteiger partial charge in [-0.2, -0.15) is 0 Å². The van der Waals surface area contributed by atoms with Crippen LogP contribution in [0.5, 0.6) is 0 Å². The first kappa shape index (κ1) is 13.0. The fourth-order valence-corrected chi connectivity index (χ4v) is 1.86. The first-order chi connectivity index (χ1) is 7.41. The number of nitrogens with zero attached hydrogens (tertiary/aromatic N) is 1. The van der Waals surface area contributed by atoms with Crippen molar-refractivity contribution < 1.29 is 9.59 Å². The van der Waals surface area contributed by atoms with Crippen molar-refractivity contribution in [2.45, 2.75) is 39.3 Å². The number of rotatable bonds is 3. The SMILES string of the molecule is CC(=O)NC1CCN(C(=O)C(N)C(C)C)C1. The number of carbonyl (C=O) groups is 2. The zero-order valence-electron chi connectivity index (χ0n) is 10.2. The Hall–Kier alpha value is -1.10. The molecule has 1 rings (SSSR count). The average molecular weight is 227 g/mol. The van der Waals surface area contributed by atoms with Crippen LogP contribution in [0.3, 0.4) is 0 Å². The minimum absolute atomic E-state index is 0.0112. The molecule has 1 saturated heterocycles. The van der Waals surface area contributed by atoms with Gasteiger partial charge in [0, 0.05) is 26.1 Å². The molecule has 0 spiro atoms. The van der Waals surface area contributed by atoms with Gasteiger partial charge in [0.1, 0.15) is 0 Å². The topological polar surface area (TPSA) is 75.4 Å². The summed E-state index contributed by atoms with van der Waals surface area (Å²) in [5.41, 5.74) is 5.81. The van der Waals surface area contributed by atoms with Gasteiger partial charge in [-0.15, -0.1) is 0 Å². The fourth-order valence-electron chi connectivity index (χ4n) is 1.86. The van der Waals surface area contributed by atoms with Crippen LogP contribution in [0.15, 0.2) is 0 Å². The van der Waals surface area contributed by atoms with Crippen molar-refractivity contribution in [1.82, 2.24) is 10.2 Å². The van der Waals surface area contributed by atoms with E-state index in [1.807, 2.05) is 13.8 Å². The van der Waals surface area contributed by atoms with Crippen LogP contribution in [0.4, 0.5) is 0 Å². The highest BCUT2D eigenvalue weighted by Gasteiger charge is 2.30. The van der Waals surface area contributed by atoms with Crippen LogP contribution >= 0.6 is 0 Å². The lowest BCUT2D eigenvalue weighted by atomic mass is 10.0. The molecule has 5 nitrogen and oxygen atoms in total. The van der Waals surface area contributed by atoms with E-state index in [4.69, 9.17) is 5.73 Å². The summed E-state index contributed by atoms with van der Waals surface area (Å²) in [5, 5.41) is 2.82. The van der Waals surface area contributed by atoms with Crippen molar-refractivity contribution in [2.24, 2.45) is 11.7 Å². The van der Waals surface area contributed by atoms with Crippen molar-refractivity contribution in [2.75, 3.05) is 13.1 Å². The molecule has 0 aromatic carbocycles. The number of likely N-dealkylation sites (tertiary alicyclic amines) is 1. The highest BCUT2D eigenvalue weighted by molar-refractivity contribution is 5.82. The number of hydrogen-bond donors (Lipinski definition) is 2. The molecule has 0 saturated carbocycles. The van der Waals surface area contributed by atoms with Crippen LogP contribution in [-0.4, -0.2) is 41.9 Å². The Morgan fingerprint density at radius 2 is 2.06 bits per heavy atom. The maximum Gasteiger partial charge on any atom is 0.239 e. The summed E-state index contributed by atoms with van der Waals surface area (Å²) in [6.45, 7) is 6.63. The van der Waals surface area contributed by atoms with E-state index in [0.717, 1.165) is 6.42 Å². The molecular formula is C11H21N3O2. The van der Waals surface area contributed by atoms with Crippen LogP contribution in [0, 0.1) is 5.92 Å². The van der Waals surface area contributed by atoms with Gasteiger partial charge in [0.25, 0.3) is 0 Å². The minimum atomic E-state index is -0.434. The third kappa shape index (κ3) is 3.20. The molecule has 1 aliphatic heterocycles. The molecule has 1 heterocycles. The van der Waals surface area contributed by atoms with Gasteiger partial charge in [0.2, 0.25) is 11.8 Å². The molecule has 0 bridgehead atoms. The van der Waals surface area contributed by atoms with E-state index in [1.54, 1.807) is 4.90 Å². The lowest BCUT2D eigenvalue weighted by Crippen LogP contribution is -2.46. The van der Waals surface area contributed by atoms with Crippen molar-refractivity contribution in [3.05, 3.63) is 0 Å². The monoisotopic (exact) mass is 227 g/mol. The molecule has 1 aliphatic rings. The zero-order valence-corrected chi connectivity index (χ0v) is 10.2. The van der Waals surface area contributed by atoms with Gasteiger partial charge in [-0.05, 0) is 12.3 Å². The fraction of sp³-hybridized carbons (Fsp3) is 0.818. The maximum atomic E-state index is 11.9. The summed E-state index contributed by atoms with van der Waals surface area (Å²) in [6, 6.07) is -0.350. The summed E-state index contributed by atoms with van der Waals surface area (Å²) in [6.07, 6.45) is 0.816. The van der Waals surface area contributed by atoms with Crippen LogP contribution < -0.4 is 11.1 Å². The van der Waals surface area contributed by atoms with Gasteiger partial charge in [0.15, 0.2) is 0 Å². The maximum absolute atomic E-state index is 11.9. The standard InChI is InChI=1S/C11H21N3O2/c1-7(2)10(12)11(16)14-5-4-9(6-14)13-8(3)15/h7,9-10H,4-6,12H2,1-3H3,(H,13,15). The van der Waals surface area contributed by atoms with E-state index in [-0.39, 0.29) is 23.8 Å². The summed E-state index contributed by atoms with van der Waals surface area (Å²) in [4.78, 5) is 24.5. The van der Waals surface area contributed by atoms with Gasteiger partial charge in [-0.25, -0.2) is 0 Å². The highest BCUT2D eigenvalue weighted by atomic mass is 16.2. The summed E-state index contributed by atoms with van der Waals surface area (Å²) < 4.78 is 0. The lowest BCUT2D eigenvalue weighted by molar-refractivity contribution is -0.132. The molecule has 92 valence electrons. The Morgan fingerprint density at radius 3 is 2.56 bits per heavy atom. The average Bonchev–Trinajstić information content (AvgIpc) is 2.62. The first-order valence-electron chi connectivity index (χ1n) is 5.73. The smallest absolute Gasteiger partial charge is 0.239 e. The minimum Gasteiger partial charge on any atom is -0.352 e. The predicted molar refractivity (Wildman–Crippen MR) is 61.6 cm³/mol. The Morgan fingerprint density at radius 1 is 1.44 bits per heavy atom. The first-order valence-corrected chi connectivity index (χ1v) is 5.73. The Labute approximate surface area is 96.4 Å². The zero-order chi connectivity index (χ0) is 12.3. The third-order valence-electron chi connectivity index (χ3n) is 2.91. The molecule has 0 aromatic rings. The number of nitrogens with one attached hydrogen (secondary N) is 1. The molecule has 0 aromatic heterocycles. The van der Waals surface area contributed by atoms with E-state index < -0.39 is 6.04 Å². The van der Waals surface area contributed by atoms with Gasteiger partial charge >= 0.3 is 0 Å². The highest BCUT2D eigenvalue weighted by Crippen LogP contribution is 2.12. The van der Waals surface area contributed by atoms with Crippen molar-refractivity contribution in [3.8, 4) is 0 Å². The molecule has 1 fully saturated rings. The molecule has 2 atom stereocenters. The van der Waals surface area contributed by atoms with Crippen molar-refractivity contribution in [1.29, 1.82) is 0 Å². The normalized spacial score (nSPS) is 22.3. The van der Waals surface area contributed by atoms with Crippen LogP contribution in [-0.2, 0) is 9.59 Å². The molecule has 2 unspecified atom stereocenters. The van der Waals surface area contributed by atoms with Gasteiger partial charge in [-0.1, -0.05) is 13.8 Å². The number of carbonyl (C=O) groups excluding carboxylic acids is 2. The predicted octanol–water partition coefficient (Wildman–Crippen LogP) is -0.293. The second kappa shape index (κ2) is 5.30. The molecular weight excluding hydrogens is 206 g/mol. The quantitative estimate of drug-likeness (QED) is 0.695. The second-order valence-electron chi connectivity index (χ2n) is 4.74. The van der Waals surface area contributed by atoms with Gasteiger partial charge in [0.05, 0.1) is 6.04 Å². The molecule has 5 heteroatoms. The Balaban J connectivity index is 2.46. The van der Waals surface area contributed by atoms with E-state index >= 15 is 0 Å². The Kier molecular flexibility index (Phi) is 4.29. The van der Waals surface area contributed by atoms with Crippen LogP contribution in [0.2, 0.25) is 0 Å². The second-order valence-corrected chi connectivity index (χ2v) is 4.74. The molecule has 0 radical (unpaired) electrons. The number of nitrogens with two attached hydrogens (primary N) is 1. The third-order valence-corrected chi connectivity index (χ3v) is 2.91. The summed E-state index contributed by atoms with van der Waals surface area (Å²) in [7, 11) is 0. The molecule has 0 aliphatic carbocycles. The summed E-state index contributed by atoms with van der Waals surface area (Å²) >= 11 is 0. The largest absolute Gasteiger partial charge is 0.352 e. The van der Waals surface area contributed by atoms with Crippen molar-refractivity contribution in [3.63, 3.8) is 0 Å². The van der Waals surface area contributed by atoms with E-state index in [1.165, 1.54) is 6.92 Å². The molecule has 3 N–H and O–H groups in total. The van der Waals surface area contributed by atoms with Crippen molar-refractivity contribution >= 4 is 11.8 Å². The Bertz CT molecular complexity index is 278. The van der Waals surface area contributed by atoms with Crippen LogP contribution in [0.1, 0.15) is 27.2 Å².